The zero-order valence-electron chi connectivity index (χ0n) is 10.1. The number of hydrogen-bond donors (Lipinski definition) is 1. The van der Waals surface area contributed by atoms with Crippen LogP contribution >= 0.6 is 0 Å². The Morgan fingerprint density at radius 1 is 1.38 bits per heavy atom. The summed E-state index contributed by atoms with van der Waals surface area (Å²) in [6.45, 7) is 4.74. The van der Waals surface area contributed by atoms with Crippen molar-refractivity contribution in [2.45, 2.75) is 32.6 Å². The highest BCUT2D eigenvalue weighted by atomic mass is 15.0. The van der Waals surface area contributed by atoms with Crippen molar-refractivity contribution in [1.29, 1.82) is 0 Å². The normalized spacial score (nSPS) is 26.9. The summed E-state index contributed by atoms with van der Waals surface area (Å²) in [5.41, 5.74) is 3.64. The van der Waals surface area contributed by atoms with Gasteiger partial charge >= 0.3 is 0 Å². The van der Waals surface area contributed by atoms with Gasteiger partial charge in [0.2, 0.25) is 0 Å². The van der Waals surface area contributed by atoms with Crippen molar-refractivity contribution in [3.63, 3.8) is 0 Å². The van der Waals surface area contributed by atoms with Gasteiger partial charge in [-0.1, -0.05) is 29.8 Å². The van der Waals surface area contributed by atoms with Crippen LogP contribution in [0.2, 0.25) is 0 Å². The van der Waals surface area contributed by atoms with Gasteiger partial charge in [-0.15, -0.1) is 0 Å². The first-order chi connectivity index (χ1) is 7.76. The Morgan fingerprint density at radius 2 is 2.25 bits per heavy atom. The van der Waals surface area contributed by atoms with Crippen LogP contribution in [0.25, 0.3) is 0 Å². The molecule has 1 atom stereocenters. The van der Waals surface area contributed by atoms with Gasteiger partial charge in [-0.05, 0) is 49.5 Å². The molecule has 0 aromatic heterocycles. The van der Waals surface area contributed by atoms with E-state index in [1.54, 1.807) is 0 Å². The maximum atomic E-state index is 3.44. The summed E-state index contributed by atoms with van der Waals surface area (Å²) in [7, 11) is 0. The Balaban J connectivity index is 1.63. The zero-order valence-corrected chi connectivity index (χ0v) is 10.1. The molecular formula is C15H21N. The third-order valence-corrected chi connectivity index (χ3v) is 4.41. The lowest BCUT2D eigenvalue weighted by Gasteiger charge is -2.39. The molecule has 1 aromatic carbocycles. The first-order valence-electron chi connectivity index (χ1n) is 6.52. The molecule has 1 saturated carbocycles. The monoisotopic (exact) mass is 215 g/mol. The van der Waals surface area contributed by atoms with Crippen molar-refractivity contribution >= 4 is 0 Å². The average molecular weight is 215 g/mol. The van der Waals surface area contributed by atoms with E-state index in [1.807, 2.05) is 0 Å². The van der Waals surface area contributed by atoms with Crippen molar-refractivity contribution in [3.05, 3.63) is 35.4 Å². The predicted octanol–water partition coefficient (Wildman–Crippen LogP) is 2.93. The number of aryl methyl sites for hydroxylation is 1. The van der Waals surface area contributed by atoms with Crippen molar-refractivity contribution in [2.24, 2.45) is 11.3 Å². The molecule has 1 unspecified atom stereocenters. The van der Waals surface area contributed by atoms with Gasteiger partial charge in [0, 0.05) is 13.1 Å². The third kappa shape index (κ3) is 1.89. The maximum Gasteiger partial charge on any atom is 0.00203 e. The highest BCUT2D eigenvalue weighted by molar-refractivity contribution is 5.23. The minimum Gasteiger partial charge on any atom is -0.316 e. The molecule has 1 aromatic rings. The molecule has 86 valence electrons. The van der Waals surface area contributed by atoms with Crippen LogP contribution in [-0.4, -0.2) is 13.1 Å². The van der Waals surface area contributed by atoms with E-state index in [4.69, 9.17) is 0 Å². The number of hydrogen-bond acceptors (Lipinski definition) is 1. The summed E-state index contributed by atoms with van der Waals surface area (Å²) in [6.07, 6.45) is 5.64. The van der Waals surface area contributed by atoms with Crippen LogP contribution in [0.1, 0.15) is 30.4 Å². The van der Waals surface area contributed by atoms with Gasteiger partial charge in [0.15, 0.2) is 0 Å². The van der Waals surface area contributed by atoms with Crippen LogP contribution in [0.15, 0.2) is 24.3 Å². The lowest BCUT2D eigenvalue weighted by Crippen LogP contribution is -2.51. The van der Waals surface area contributed by atoms with Crippen molar-refractivity contribution in [2.75, 3.05) is 13.1 Å². The fourth-order valence-corrected chi connectivity index (χ4v) is 3.47. The lowest BCUT2D eigenvalue weighted by atomic mass is 9.79. The summed E-state index contributed by atoms with van der Waals surface area (Å²) < 4.78 is 0. The topological polar surface area (TPSA) is 12.0 Å². The van der Waals surface area contributed by atoms with Gasteiger partial charge in [0.1, 0.15) is 0 Å². The molecule has 16 heavy (non-hydrogen) atoms. The largest absolute Gasteiger partial charge is 0.316 e. The average Bonchev–Trinajstić information content (AvgIpc) is 2.62. The van der Waals surface area contributed by atoms with Crippen LogP contribution in [0.5, 0.6) is 0 Å². The molecule has 1 heteroatoms. The molecule has 2 aliphatic rings. The van der Waals surface area contributed by atoms with Gasteiger partial charge in [-0.25, -0.2) is 0 Å². The predicted molar refractivity (Wildman–Crippen MR) is 67.5 cm³/mol. The van der Waals surface area contributed by atoms with Crippen LogP contribution in [0.3, 0.4) is 0 Å². The van der Waals surface area contributed by atoms with Crippen LogP contribution < -0.4 is 5.32 Å². The van der Waals surface area contributed by atoms with Crippen LogP contribution in [-0.2, 0) is 6.42 Å². The molecule has 1 N–H and O–H groups in total. The van der Waals surface area contributed by atoms with Crippen LogP contribution in [0.4, 0.5) is 0 Å². The van der Waals surface area contributed by atoms with E-state index < -0.39 is 0 Å². The van der Waals surface area contributed by atoms with E-state index in [-0.39, 0.29) is 0 Å². The molecule has 1 spiro atoms. The van der Waals surface area contributed by atoms with Crippen molar-refractivity contribution in [1.82, 2.24) is 5.32 Å². The standard InChI is InChI=1S/C15H21N/c1-12-3-2-4-13(7-12)8-14-5-6-15(9-14)10-16-11-15/h2-4,7,14,16H,5-6,8-11H2,1H3. The molecular weight excluding hydrogens is 194 g/mol. The van der Waals surface area contributed by atoms with E-state index in [0.29, 0.717) is 5.41 Å². The summed E-state index contributed by atoms with van der Waals surface area (Å²) in [6, 6.07) is 9.02. The van der Waals surface area contributed by atoms with Gasteiger partial charge in [0.25, 0.3) is 0 Å². The number of benzene rings is 1. The van der Waals surface area contributed by atoms with E-state index in [1.165, 1.54) is 49.9 Å². The Labute approximate surface area is 98.3 Å². The summed E-state index contributed by atoms with van der Waals surface area (Å²) >= 11 is 0. The van der Waals surface area contributed by atoms with E-state index in [2.05, 4.69) is 36.5 Å². The second-order valence-corrected chi connectivity index (χ2v) is 5.91. The first kappa shape index (κ1) is 10.3. The molecule has 0 radical (unpaired) electrons. The minimum atomic E-state index is 0.703. The number of nitrogens with one attached hydrogen (secondary N) is 1. The Kier molecular flexibility index (Phi) is 2.51. The molecule has 1 nitrogen and oxygen atoms in total. The minimum absolute atomic E-state index is 0.703. The van der Waals surface area contributed by atoms with Gasteiger partial charge in [-0.2, -0.15) is 0 Å². The summed E-state index contributed by atoms with van der Waals surface area (Å²) in [5.74, 6) is 0.934. The molecule has 1 heterocycles. The second kappa shape index (κ2) is 3.89. The maximum absolute atomic E-state index is 3.44. The molecule has 2 fully saturated rings. The number of rotatable bonds is 2. The van der Waals surface area contributed by atoms with Gasteiger partial charge in [-0.3, -0.25) is 0 Å². The van der Waals surface area contributed by atoms with Crippen molar-refractivity contribution < 1.29 is 0 Å². The molecule has 0 amide bonds. The third-order valence-electron chi connectivity index (χ3n) is 4.41. The summed E-state index contributed by atoms with van der Waals surface area (Å²) in [4.78, 5) is 0. The fourth-order valence-electron chi connectivity index (χ4n) is 3.47. The molecule has 1 aliphatic heterocycles. The Hall–Kier alpha value is -0.820. The SMILES string of the molecule is Cc1cccc(CC2CCC3(CNC3)C2)c1. The molecule has 3 rings (SSSR count). The zero-order chi connectivity index (χ0) is 11.0. The van der Waals surface area contributed by atoms with Crippen molar-refractivity contribution in [3.8, 4) is 0 Å². The Bertz CT molecular complexity index is 379. The van der Waals surface area contributed by atoms with E-state index in [0.717, 1.165) is 5.92 Å². The highest BCUT2D eigenvalue weighted by Gasteiger charge is 2.43. The van der Waals surface area contributed by atoms with E-state index >= 15 is 0 Å². The molecule has 1 saturated heterocycles. The van der Waals surface area contributed by atoms with Crippen LogP contribution in [0, 0.1) is 18.3 Å². The van der Waals surface area contributed by atoms with Gasteiger partial charge < -0.3 is 5.32 Å². The smallest absolute Gasteiger partial charge is 0.00203 e. The Morgan fingerprint density at radius 3 is 2.88 bits per heavy atom. The second-order valence-electron chi connectivity index (χ2n) is 5.91. The van der Waals surface area contributed by atoms with E-state index in [9.17, 15) is 0 Å². The van der Waals surface area contributed by atoms with Gasteiger partial charge in [0.05, 0.1) is 0 Å². The molecule has 0 bridgehead atoms. The first-order valence-corrected chi connectivity index (χ1v) is 6.52. The summed E-state index contributed by atoms with van der Waals surface area (Å²) in [5, 5.41) is 3.44. The lowest BCUT2D eigenvalue weighted by molar-refractivity contribution is 0.170. The fraction of sp³-hybridized carbons (Fsp3) is 0.600. The highest BCUT2D eigenvalue weighted by Crippen LogP contribution is 2.45. The molecule has 1 aliphatic carbocycles. The quantitative estimate of drug-likeness (QED) is 0.800.